The van der Waals surface area contributed by atoms with E-state index >= 15 is 0 Å². The lowest BCUT2D eigenvalue weighted by Crippen LogP contribution is -2.26. The van der Waals surface area contributed by atoms with Gasteiger partial charge in [-0.25, -0.2) is 8.78 Å². The van der Waals surface area contributed by atoms with E-state index in [1.165, 1.54) is 25.0 Å². The first-order valence-electron chi connectivity index (χ1n) is 5.85. The Morgan fingerprint density at radius 2 is 1.94 bits per heavy atom. The molecule has 0 saturated heterocycles. The van der Waals surface area contributed by atoms with Crippen LogP contribution in [0.1, 0.15) is 36.8 Å². The van der Waals surface area contributed by atoms with E-state index in [4.69, 9.17) is 0 Å². The fourth-order valence-electron chi connectivity index (χ4n) is 2.25. The Morgan fingerprint density at radius 3 is 2.62 bits per heavy atom. The number of halogens is 2. The monoisotopic (exact) mass is 225 g/mol. The Labute approximate surface area is 94.9 Å². The summed E-state index contributed by atoms with van der Waals surface area (Å²) in [5, 5.41) is 3.23. The molecule has 0 radical (unpaired) electrons. The van der Waals surface area contributed by atoms with Gasteiger partial charge >= 0.3 is 0 Å². The molecule has 16 heavy (non-hydrogen) atoms. The van der Waals surface area contributed by atoms with E-state index in [2.05, 4.69) is 5.32 Å². The fourth-order valence-corrected chi connectivity index (χ4v) is 2.25. The zero-order valence-electron chi connectivity index (χ0n) is 9.52. The third kappa shape index (κ3) is 2.40. The average molecular weight is 225 g/mol. The average Bonchev–Trinajstić information content (AvgIpc) is 2.77. The molecule has 1 saturated carbocycles. The molecule has 0 amide bonds. The molecule has 1 aromatic rings. The van der Waals surface area contributed by atoms with Crippen molar-refractivity contribution in [2.24, 2.45) is 0 Å². The van der Waals surface area contributed by atoms with Crippen molar-refractivity contribution in [1.29, 1.82) is 0 Å². The second-order valence-electron chi connectivity index (χ2n) is 4.52. The molecule has 3 heteroatoms. The van der Waals surface area contributed by atoms with Gasteiger partial charge in [-0.1, -0.05) is 18.9 Å². The lowest BCUT2D eigenvalue weighted by molar-refractivity contribution is 0.485. The summed E-state index contributed by atoms with van der Waals surface area (Å²) in [5.41, 5.74) is 0.677. The number of hydrogen-bond donors (Lipinski definition) is 1. The zero-order chi connectivity index (χ0) is 11.5. The maximum Gasteiger partial charge on any atom is 0.133 e. The van der Waals surface area contributed by atoms with Gasteiger partial charge in [0.15, 0.2) is 0 Å². The van der Waals surface area contributed by atoms with Crippen LogP contribution in [0.2, 0.25) is 0 Å². The van der Waals surface area contributed by atoms with Crippen molar-refractivity contribution in [1.82, 2.24) is 5.32 Å². The Hall–Kier alpha value is -0.960. The van der Waals surface area contributed by atoms with Crippen molar-refractivity contribution in [2.45, 2.75) is 45.2 Å². The smallest absolute Gasteiger partial charge is 0.133 e. The highest BCUT2D eigenvalue weighted by Crippen LogP contribution is 2.20. The first-order valence-corrected chi connectivity index (χ1v) is 5.85. The number of aryl methyl sites for hydroxylation is 1. The highest BCUT2D eigenvalue weighted by atomic mass is 19.1. The third-order valence-electron chi connectivity index (χ3n) is 3.30. The van der Waals surface area contributed by atoms with Gasteiger partial charge in [-0.05, 0) is 31.4 Å². The van der Waals surface area contributed by atoms with Crippen LogP contribution < -0.4 is 5.32 Å². The molecule has 0 aromatic heterocycles. The summed E-state index contributed by atoms with van der Waals surface area (Å²) in [4.78, 5) is 0. The van der Waals surface area contributed by atoms with Crippen LogP contribution in [0.4, 0.5) is 8.78 Å². The van der Waals surface area contributed by atoms with Crippen LogP contribution in [-0.4, -0.2) is 6.04 Å². The number of nitrogens with one attached hydrogen (secondary N) is 1. The minimum atomic E-state index is -0.450. The molecule has 1 aromatic carbocycles. The van der Waals surface area contributed by atoms with Crippen LogP contribution in [0.3, 0.4) is 0 Å². The van der Waals surface area contributed by atoms with Crippen LogP contribution in [0.15, 0.2) is 12.1 Å². The highest BCUT2D eigenvalue weighted by Gasteiger charge is 2.16. The third-order valence-corrected chi connectivity index (χ3v) is 3.30. The zero-order valence-corrected chi connectivity index (χ0v) is 9.52. The van der Waals surface area contributed by atoms with Gasteiger partial charge in [0.2, 0.25) is 0 Å². The molecule has 2 rings (SSSR count). The van der Waals surface area contributed by atoms with E-state index in [9.17, 15) is 8.78 Å². The van der Waals surface area contributed by atoms with Gasteiger partial charge in [-0.3, -0.25) is 0 Å². The summed E-state index contributed by atoms with van der Waals surface area (Å²) in [6.07, 6.45) is 4.68. The predicted molar refractivity (Wildman–Crippen MR) is 60.2 cm³/mol. The van der Waals surface area contributed by atoms with Crippen molar-refractivity contribution >= 4 is 0 Å². The van der Waals surface area contributed by atoms with Crippen LogP contribution in [0.25, 0.3) is 0 Å². The molecular formula is C13H17F2N. The minimum Gasteiger partial charge on any atom is -0.310 e. The Balaban J connectivity index is 2.05. The molecule has 1 fully saturated rings. The van der Waals surface area contributed by atoms with Crippen molar-refractivity contribution in [3.05, 3.63) is 34.9 Å². The highest BCUT2D eigenvalue weighted by molar-refractivity contribution is 5.26. The van der Waals surface area contributed by atoms with E-state index < -0.39 is 11.6 Å². The maximum absolute atomic E-state index is 13.7. The molecule has 0 bridgehead atoms. The summed E-state index contributed by atoms with van der Waals surface area (Å²) in [7, 11) is 0. The second kappa shape index (κ2) is 4.91. The fraction of sp³-hybridized carbons (Fsp3) is 0.538. The molecule has 1 aliphatic rings. The van der Waals surface area contributed by atoms with Gasteiger partial charge in [-0.15, -0.1) is 0 Å². The summed E-state index contributed by atoms with van der Waals surface area (Å²) < 4.78 is 27.1. The van der Waals surface area contributed by atoms with Crippen molar-refractivity contribution < 1.29 is 8.78 Å². The van der Waals surface area contributed by atoms with Gasteiger partial charge in [-0.2, -0.15) is 0 Å². The maximum atomic E-state index is 13.7. The minimum absolute atomic E-state index is 0.173. The molecule has 88 valence electrons. The molecule has 0 unspecified atom stereocenters. The largest absolute Gasteiger partial charge is 0.310 e. The summed E-state index contributed by atoms with van der Waals surface area (Å²) >= 11 is 0. The normalized spacial score (nSPS) is 16.9. The molecule has 0 spiro atoms. The van der Waals surface area contributed by atoms with Crippen LogP contribution in [0.5, 0.6) is 0 Å². The quantitative estimate of drug-likeness (QED) is 0.832. The predicted octanol–water partition coefficient (Wildman–Crippen LogP) is 3.31. The van der Waals surface area contributed by atoms with E-state index in [0.29, 0.717) is 18.2 Å². The van der Waals surface area contributed by atoms with E-state index in [0.717, 1.165) is 12.8 Å². The van der Waals surface area contributed by atoms with Crippen molar-refractivity contribution in [3.63, 3.8) is 0 Å². The van der Waals surface area contributed by atoms with Gasteiger partial charge in [0.1, 0.15) is 11.6 Å². The van der Waals surface area contributed by atoms with Crippen LogP contribution in [0, 0.1) is 18.6 Å². The number of hydrogen-bond acceptors (Lipinski definition) is 1. The molecule has 0 aliphatic heterocycles. The first kappa shape index (κ1) is 11.5. The Morgan fingerprint density at radius 1 is 1.25 bits per heavy atom. The van der Waals surface area contributed by atoms with Gasteiger partial charge in [0.05, 0.1) is 0 Å². The lowest BCUT2D eigenvalue weighted by atomic mass is 10.1. The van der Waals surface area contributed by atoms with Gasteiger partial charge < -0.3 is 5.32 Å². The van der Waals surface area contributed by atoms with Gasteiger partial charge in [0, 0.05) is 18.2 Å². The van der Waals surface area contributed by atoms with Gasteiger partial charge in [0.25, 0.3) is 0 Å². The van der Waals surface area contributed by atoms with Crippen LogP contribution in [-0.2, 0) is 6.54 Å². The summed E-state index contributed by atoms with van der Waals surface area (Å²) in [6.45, 7) is 1.96. The topological polar surface area (TPSA) is 12.0 Å². The molecule has 1 aliphatic carbocycles. The summed E-state index contributed by atoms with van der Waals surface area (Å²) in [6, 6.07) is 3.24. The lowest BCUT2D eigenvalue weighted by Gasteiger charge is -2.13. The molecule has 0 atom stereocenters. The molecule has 0 heterocycles. The molecule has 1 N–H and O–H groups in total. The molecule has 1 nitrogen and oxygen atoms in total. The van der Waals surface area contributed by atoms with Crippen molar-refractivity contribution in [2.75, 3.05) is 0 Å². The molecular weight excluding hydrogens is 208 g/mol. The Bertz CT molecular complexity index is 370. The van der Waals surface area contributed by atoms with E-state index in [1.807, 2.05) is 0 Å². The van der Waals surface area contributed by atoms with E-state index in [-0.39, 0.29) is 5.56 Å². The van der Waals surface area contributed by atoms with Crippen LogP contribution >= 0.6 is 0 Å². The Kier molecular flexibility index (Phi) is 3.54. The first-order chi connectivity index (χ1) is 7.68. The number of rotatable bonds is 3. The second-order valence-corrected chi connectivity index (χ2v) is 4.52. The number of benzene rings is 1. The standard InChI is InChI=1S/C13H17F2N/c1-9-6-7-12(14)11(13(9)15)8-16-10-4-2-3-5-10/h6-7,10,16H,2-5,8H2,1H3. The summed E-state index contributed by atoms with van der Waals surface area (Å²) in [5.74, 6) is -0.862. The SMILES string of the molecule is Cc1ccc(F)c(CNC2CCCC2)c1F. The van der Waals surface area contributed by atoms with Crippen molar-refractivity contribution in [3.8, 4) is 0 Å². The van der Waals surface area contributed by atoms with E-state index in [1.54, 1.807) is 6.92 Å².